The van der Waals surface area contributed by atoms with Gasteiger partial charge in [0, 0.05) is 13.1 Å². The Morgan fingerprint density at radius 1 is 1.32 bits per heavy atom. The van der Waals surface area contributed by atoms with E-state index in [2.05, 4.69) is 22.0 Å². The maximum atomic E-state index is 11.9. The van der Waals surface area contributed by atoms with Gasteiger partial charge in [-0.3, -0.25) is 4.79 Å². The van der Waals surface area contributed by atoms with Gasteiger partial charge >= 0.3 is 0 Å². The van der Waals surface area contributed by atoms with Gasteiger partial charge in [-0.2, -0.15) is 0 Å². The van der Waals surface area contributed by atoms with Crippen LogP contribution in [0.25, 0.3) is 0 Å². The van der Waals surface area contributed by atoms with Crippen LogP contribution in [0.5, 0.6) is 5.75 Å². The monoisotopic (exact) mass is 325 g/mol. The molecule has 0 unspecified atom stereocenters. The standard InChI is InChI=1S/C15H20BrNO2/c1-12(2)8-9-17(15(18)10-16)11-13-4-6-14(19-3)7-5-13/h4-8H,9-11H2,1-3H3. The minimum absolute atomic E-state index is 0.0910. The molecule has 19 heavy (non-hydrogen) atoms. The molecule has 0 atom stereocenters. The molecular weight excluding hydrogens is 306 g/mol. The molecule has 1 aromatic rings. The number of allylic oxidation sites excluding steroid dienone is 1. The predicted octanol–water partition coefficient (Wildman–Crippen LogP) is 3.38. The van der Waals surface area contributed by atoms with Crippen LogP contribution in [0, 0.1) is 0 Å². The van der Waals surface area contributed by atoms with Crippen LogP contribution >= 0.6 is 15.9 Å². The number of halogens is 1. The summed E-state index contributed by atoms with van der Waals surface area (Å²) >= 11 is 3.23. The first-order valence-corrected chi connectivity index (χ1v) is 7.29. The first-order chi connectivity index (χ1) is 9.06. The first kappa shape index (κ1) is 15.8. The Morgan fingerprint density at radius 3 is 2.42 bits per heavy atom. The van der Waals surface area contributed by atoms with Gasteiger partial charge in [-0.15, -0.1) is 0 Å². The molecule has 0 saturated heterocycles. The summed E-state index contributed by atoms with van der Waals surface area (Å²) in [5, 5.41) is 0.347. The molecule has 0 aliphatic heterocycles. The fourth-order valence-corrected chi connectivity index (χ4v) is 1.94. The number of benzene rings is 1. The van der Waals surface area contributed by atoms with E-state index < -0.39 is 0 Å². The highest BCUT2D eigenvalue weighted by atomic mass is 79.9. The van der Waals surface area contributed by atoms with E-state index in [0.29, 0.717) is 18.4 Å². The number of hydrogen-bond donors (Lipinski definition) is 0. The minimum Gasteiger partial charge on any atom is -0.497 e. The second-order valence-electron chi connectivity index (χ2n) is 4.54. The van der Waals surface area contributed by atoms with E-state index in [4.69, 9.17) is 4.74 Å². The zero-order chi connectivity index (χ0) is 14.3. The van der Waals surface area contributed by atoms with E-state index in [-0.39, 0.29) is 5.91 Å². The van der Waals surface area contributed by atoms with Crippen molar-refractivity contribution in [1.82, 2.24) is 4.90 Å². The molecule has 0 N–H and O–H groups in total. The van der Waals surface area contributed by atoms with E-state index in [1.54, 1.807) is 7.11 Å². The van der Waals surface area contributed by atoms with E-state index in [1.807, 2.05) is 43.0 Å². The highest BCUT2D eigenvalue weighted by Gasteiger charge is 2.11. The Morgan fingerprint density at radius 2 is 1.95 bits per heavy atom. The molecular formula is C15H20BrNO2. The third-order valence-corrected chi connectivity index (χ3v) is 3.20. The molecule has 3 nitrogen and oxygen atoms in total. The molecule has 0 aromatic heterocycles. The second kappa shape index (κ2) is 8.00. The molecule has 0 aliphatic rings. The average Bonchev–Trinajstić information content (AvgIpc) is 2.43. The maximum Gasteiger partial charge on any atom is 0.233 e. The van der Waals surface area contributed by atoms with Gasteiger partial charge < -0.3 is 9.64 Å². The topological polar surface area (TPSA) is 29.5 Å². The zero-order valence-corrected chi connectivity index (χ0v) is 13.2. The van der Waals surface area contributed by atoms with Crippen LogP contribution in [0.3, 0.4) is 0 Å². The maximum absolute atomic E-state index is 11.9. The molecule has 1 aromatic carbocycles. The van der Waals surface area contributed by atoms with Crippen LogP contribution in [0.4, 0.5) is 0 Å². The highest BCUT2D eigenvalue weighted by molar-refractivity contribution is 9.09. The molecule has 0 heterocycles. The molecule has 0 radical (unpaired) electrons. The Kier molecular flexibility index (Phi) is 6.64. The third kappa shape index (κ3) is 5.47. The van der Waals surface area contributed by atoms with E-state index in [9.17, 15) is 4.79 Å². The number of methoxy groups -OCH3 is 1. The molecule has 104 valence electrons. The summed E-state index contributed by atoms with van der Waals surface area (Å²) in [6.07, 6.45) is 2.06. The summed E-state index contributed by atoms with van der Waals surface area (Å²) in [4.78, 5) is 13.7. The van der Waals surface area contributed by atoms with Crippen LogP contribution < -0.4 is 4.74 Å². The Labute approximate surface area is 123 Å². The van der Waals surface area contributed by atoms with Crippen molar-refractivity contribution >= 4 is 21.8 Å². The number of rotatable bonds is 6. The van der Waals surface area contributed by atoms with Crippen LogP contribution in [0.15, 0.2) is 35.9 Å². The lowest BCUT2D eigenvalue weighted by molar-refractivity contribution is -0.128. The lowest BCUT2D eigenvalue weighted by Crippen LogP contribution is -2.31. The van der Waals surface area contributed by atoms with Gasteiger partial charge in [0.1, 0.15) is 5.75 Å². The fraction of sp³-hybridized carbons (Fsp3) is 0.400. The summed E-state index contributed by atoms with van der Waals surface area (Å²) in [6.45, 7) is 5.31. The normalized spacial score (nSPS) is 9.89. The van der Waals surface area contributed by atoms with Gasteiger partial charge in [0.05, 0.1) is 12.4 Å². The van der Waals surface area contributed by atoms with Crippen LogP contribution in [-0.2, 0) is 11.3 Å². The van der Waals surface area contributed by atoms with Gasteiger partial charge in [-0.25, -0.2) is 0 Å². The van der Waals surface area contributed by atoms with Crippen molar-refractivity contribution in [2.45, 2.75) is 20.4 Å². The molecule has 4 heteroatoms. The van der Waals surface area contributed by atoms with E-state index >= 15 is 0 Å². The Bertz CT molecular complexity index is 436. The smallest absolute Gasteiger partial charge is 0.233 e. The van der Waals surface area contributed by atoms with Crippen molar-refractivity contribution in [3.8, 4) is 5.75 Å². The Hall–Kier alpha value is -1.29. The summed E-state index contributed by atoms with van der Waals surface area (Å²) in [5.41, 5.74) is 2.30. The van der Waals surface area contributed by atoms with Crippen molar-refractivity contribution < 1.29 is 9.53 Å². The summed E-state index contributed by atoms with van der Waals surface area (Å²) in [5.74, 6) is 0.916. The minimum atomic E-state index is 0.0910. The van der Waals surface area contributed by atoms with Crippen LogP contribution in [0.1, 0.15) is 19.4 Å². The van der Waals surface area contributed by atoms with Crippen LogP contribution in [0.2, 0.25) is 0 Å². The van der Waals surface area contributed by atoms with Crippen molar-refractivity contribution in [2.75, 3.05) is 19.0 Å². The quantitative estimate of drug-likeness (QED) is 0.592. The van der Waals surface area contributed by atoms with Crippen LogP contribution in [-0.4, -0.2) is 29.8 Å². The van der Waals surface area contributed by atoms with Crippen molar-refractivity contribution in [1.29, 1.82) is 0 Å². The first-order valence-electron chi connectivity index (χ1n) is 6.17. The lowest BCUT2D eigenvalue weighted by atomic mass is 10.2. The number of amides is 1. The van der Waals surface area contributed by atoms with Crippen molar-refractivity contribution in [3.05, 3.63) is 41.5 Å². The lowest BCUT2D eigenvalue weighted by Gasteiger charge is -2.20. The van der Waals surface area contributed by atoms with Gasteiger partial charge in [0.25, 0.3) is 0 Å². The molecule has 1 rings (SSSR count). The number of alkyl halides is 1. The van der Waals surface area contributed by atoms with E-state index in [0.717, 1.165) is 11.3 Å². The summed E-state index contributed by atoms with van der Waals surface area (Å²) < 4.78 is 5.12. The van der Waals surface area contributed by atoms with Crippen molar-refractivity contribution in [2.24, 2.45) is 0 Å². The number of carbonyl (C=O) groups excluding carboxylic acids is 1. The summed E-state index contributed by atoms with van der Waals surface area (Å²) in [6, 6.07) is 7.78. The highest BCUT2D eigenvalue weighted by Crippen LogP contribution is 2.13. The predicted molar refractivity (Wildman–Crippen MR) is 81.6 cm³/mol. The number of nitrogens with zero attached hydrogens (tertiary/aromatic N) is 1. The number of carbonyl (C=O) groups is 1. The third-order valence-electron chi connectivity index (χ3n) is 2.72. The van der Waals surface area contributed by atoms with Gasteiger partial charge in [0.15, 0.2) is 0 Å². The zero-order valence-electron chi connectivity index (χ0n) is 11.6. The SMILES string of the molecule is COc1ccc(CN(CC=C(C)C)C(=O)CBr)cc1. The fourth-order valence-electron chi connectivity index (χ4n) is 1.58. The largest absolute Gasteiger partial charge is 0.497 e. The number of ether oxygens (including phenoxy) is 1. The summed E-state index contributed by atoms with van der Waals surface area (Å²) in [7, 11) is 1.64. The Balaban J connectivity index is 2.75. The van der Waals surface area contributed by atoms with Gasteiger partial charge in [-0.1, -0.05) is 39.7 Å². The second-order valence-corrected chi connectivity index (χ2v) is 5.10. The molecule has 1 amide bonds. The van der Waals surface area contributed by atoms with Gasteiger partial charge in [0.2, 0.25) is 5.91 Å². The molecule has 0 spiro atoms. The van der Waals surface area contributed by atoms with Gasteiger partial charge in [-0.05, 0) is 31.5 Å². The molecule has 0 aliphatic carbocycles. The molecule has 0 saturated carbocycles. The molecule has 0 fully saturated rings. The number of hydrogen-bond acceptors (Lipinski definition) is 2. The average molecular weight is 326 g/mol. The molecule has 0 bridgehead atoms. The van der Waals surface area contributed by atoms with Crippen molar-refractivity contribution in [3.63, 3.8) is 0 Å². The van der Waals surface area contributed by atoms with E-state index in [1.165, 1.54) is 5.57 Å².